The van der Waals surface area contributed by atoms with E-state index in [-0.39, 0.29) is 11.7 Å². The number of aryl methyl sites for hydroxylation is 1. The van der Waals surface area contributed by atoms with Gasteiger partial charge in [0.1, 0.15) is 11.6 Å². The van der Waals surface area contributed by atoms with E-state index in [1.165, 1.54) is 18.2 Å². The predicted octanol–water partition coefficient (Wildman–Crippen LogP) is 3.70. The molecule has 1 aromatic heterocycles. The molecule has 0 aliphatic heterocycles. The van der Waals surface area contributed by atoms with Gasteiger partial charge < -0.3 is 14.6 Å². The largest absolute Gasteiger partial charge is 0.495 e. The van der Waals surface area contributed by atoms with Crippen LogP contribution in [0.3, 0.4) is 0 Å². The number of ether oxygens (including phenoxy) is 1. The van der Waals surface area contributed by atoms with E-state index in [1.54, 1.807) is 25.6 Å². The first-order valence-electron chi connectivity index (χ1n) is 8.94. The van der Waals surface area contributed by atoms with Gasteiger partial charge in [-0.2, -0.15) is 0 Å². The predicted molar refractivity (Wildman–Crippen MR) is 107 cm³/mol. The Kier molecular flexibility index (Phi) is 6.22. The number of nitrogens with one attached hydrogen (secondary N) is 1. The highest BCUT2D eigenvalue weighted by atomic mass is 19.1. The van der Waals surface area contributed by atoms with Crippen LogP contribution in [0.2, 0.25) is 0 Å². The fraction of sp³-hybridized carbons (Fsp3) is 0.182. The second-order valence-electron chi connectivity index (χ2n) is 6.36. The number of carbonyl (C=O) groups excluding carboxylic acids is 1. The van der Waals surface area contributed by atoms with Crippen molar-refractivity contribution in [3.05, 3.63) is 83.7 Å². The van der Waals surface area contributed by atoms with Gasteiger partial charge in [0.2, 0.25) is 5.91 Å². The number of hydrogen-bond donors (Lipinski definition) is 1. The molecule has 3 aromatic rings. The van der Waals surface area contributed by atoms with Crippen LogP contribution in [0.25, 0.3) is 11.8 Å². The molecule has 144 valence electrons. The first-order chi connectivity index (χ1) is 13.5. The number of amides is 1. The molecule has 28 heavy (non-hydrogen) atoms. The summed E-state index contributed by atoms with van der Waals surface area (Å²) in [4.78, 5) is 16.2. The Morgan fingerprint density at radius 2 is 2.14 bits per heavy atom. The summed E-state index contributed by atoms with van der Waals surface area (Å²) in [5, 5.41) is 2.80. The summed E-state index contributed by atoms with van der Waals surface area (Å²) in [6, 6.07) is 12.1. The number of halogens is 1. The summed E-state index contributed by atoms with van der Waals surface area (Å²) in [5.74, 6) is 0.211. The average Bonchev–Trinajstić information content (AvgIpc) is 3.12. The third kappa shape index (κ3) is 5.07. The Bertz CT molecular complexity index is 995. The van der Waals surface area contributed by atoms with E-state index in [0.29, 0.717) is 18.7 Å². The van der Waals surface area contributed by atoms with Crippen molar-refractivity contribution in [2.75, 3.05) is 13.7 Å². The second-order valence-corrected chi connectivity index (χ2v) is 6.36. The van der Waals surface area contributed by atoms with Gasteiger partial charge in [-0.3, -0.25) is 4.79 Å². The first-order valence-corrected chi connectivity index (χ1v) is 8.94. The van der Waals surface area contributed by atoms with Crippen LogP contribution in [-0.4, -0.2) is 29.1 Å². The maximum absolute atomic E-state index is 13.1. The van der Waals surface area contributed by atoms with Gasteiger partial charge in [-0.15, -0.1) is 0 Å². The molecule has 0 unspecified atom stereocenters. The lowest BCUT2D eigenvalue weighted by Gasteiger charge is -2.10. The van der Waals surface area contributed by atoms with Gasteiger partial charge in [0.25, 0.3) is 0 Å². The van der Waals surface area contributed by atoms with Crippen LogP contribution >= 0.6 is 0 Å². The van der Waals surface area contributed by atoms with E-state index in [4.69, 9.17) is 4.74 Å². The highest BCUT2D eigenvalue weighted by molar-refractivity contribution is 5.91. The molecule has 0 fully saturated rings. The lowest BCUT2D eigenvalue weighted by atomic mass is 10.1. The van der Waals surface area contributed by atoms with Crippen molar-refractivity contribution in [1.29, 1.82) is 0 Å². The number of benzene rings is 2. The summed E-state index contributed by atoms with van der Waals surface area (Å²) >= 11 is 0. The lowest BCUT2D eigenvalue weighted by Crippen LogP contribution is -2.23. The summed E-state index contributed by atoms with van der Waals surface area (Å²) < 4.78 is 20.5. The summed E-state index contributed by atoms with van der Waals surface area (Å²) in [6.07, 6.45) is 7.42. The van der Waals surface area contributed by atoms with Crippen LogP contribution in [0.1, 0.15) is 16.8 Å². The SMILES string of the molecule is COc1cc(/C=C/C(=O)NCCc2cccc(F)c2)ccc1-n1cnc(C)c1. The van der Waals surface area contributed by atoms with Gasteiger partial charge in [0.05, 0.1) is 24.8 Å². The van der Waals surface area contributed by atoms with Crippen LogP contribution in [0.15, 0.2) is 61.1 Å². The molecule has 0 saturated carbocycles. The Morgan fingerprint density at radius 1 is 1.29 bits per heavy atom. The number of carbonyl (C=O) groups is 1. The van der Waals surface area contributed by atoms with Gasteiger partial charge in [-0.05, 0) is 54.8 Å². The number of imidazole rings is 1. The first kappa shape index (κ1) is 19.4. The quantitative estimate of drug-likeness (QED) is 0.637. The number of nitrogens with zero attached hydrogens (tertiary/aromatic N) is 2. The minimum atomic E-state index is -0.271. The van der Waals surface area contributed by atoms with Gasteiger partial charge in [-0.1, -0.05) is 18.2 Å². The molecule has 0 aliphatic carbocycles. The Hall–Kier alpha value is -3.41. The van der Waals surface area contributed by atoms with Crippen molar-refractivity contribution in [1.82, 2.24) is 14.9 Å². The number of methoxy groups -OCH3 is 1. The zero-order chi connectivity index (χ0) is 19.9. The Labute approximate surface area is 163 Å². The van der Waals surface area contributed by atoms with Crippen LogP contribution in [-0.2, 0) is 11.2 Å². The van der Waals surface area contributed by atoms with Gasteiger partial charge in [-0.25, -0.2) is 9.37 Å². The van der Waals surface area contributed by atoms with E-state index in [1.807, 2.05) is 42.0 Å². The maximum Gasteiger partial charge on any atom is 0.244 e. The highest BCUT2D eigenvalue weighted by Gasteiger charge is 2.06. The molecule has 1 amide bonds. The molecule has 0 aliphatic rings. The van der Waals surface area contributed by atoms with E-state index >= 15 is 0 Å². The minimum Gasteiger partial charge on any atom is -0.495 e. The molecule has 0 atom stereocenters. The monoisotopic (exact) mass is 379 g/mol. The number of hydrogen-bond acceptors (Lipinski definition) is 3. The smallest absolute Gasteiger partial charge is 0.244 e. The summed E-state index contributed by atoms with van der Waals surface area (Å²) in [7, 11) is 1.61. The van der Waals surface area contributed by atoms with Gasteiger partial charge >= 0.3 is 0 Å². The fourth-order valence-electron chi connectivity index (χ4n) is 2.82. The minimum absolute atomic E-state index is 0.204. The molecule has 0 radical (unpaired) electrons. The van der Waals surface area contributed by atoms with E-state index < -0.39 is 0 Å². The van der Waals surface area contributed by atoms with Crippen LogP contribution in [0, 0.1) is 12.7 Å². The maximum atomic E-state index is 13.1. The van der Waals surface area contributed by atoms with Crippen molar-refractivity contribution in [2.24, 2.45) is 0 Å². The standard InChI is InChI=1S/C22H22FN3O2/c1-16-14-26(15-25-16)20-8-6-18(13-21(20)28-2)7-9-22(27)24-11-10-17-4-3-5-19(23)12-17/h3-9,12-15H,10-11H2,1-2H3,(H,24,27)/b9-7+. The van der Waals surface area contributed by atoms with Crippen LogP contribution in [0.4, 0.5) is 4.39 Å². The van der Waals surface area contributed by atoms with Crippen molar-refractivity contribution in [3.63, 3.8) is 0 Å². The van der Waals surface area contributed by atoms with E-state index in [9.17, 15) is 9.18 Å². The van der Waals surface area contributed by atoms with Gasteiger partial charge in [0.15, 0.2) is 0 Å². The zero-order valence-electron chi connectivity index (χ0n) is 15.9. The normalized spacial score (nSPS) is 11.0. The third-order valence-corrected chi connectivity index (χ3v) is 4.22. The average molecular weight is 379 g/mol. The van der Waals surface area contributed by atoms with Crippen LogP contribution in [0.5, 0.6) is 5.75 Å². The van der Waals surface area contributed by atoms with E-state index in [2.05, 4.69) is 10.3 Å². The topological polar surface area (TPSA) is 56.1 Å². The highest BCUT2D eigenvalue weighted by Crippen LogP contribution is 2.25. The molecule has 1 heterocycles. The zero-order valence-corrected chi connectivity index (χ0v) is 15.9. The Balaban J connectivity index is 1.59. The summed E-state index contributed by atoms with van der Waals surface area (Å²) in [6.45, 7) is 2.36. The second kappa shape index (κ2) is 8.99. The molecule has 3 rings (SSSR count). The molecular formula is C22H22FN3O2. The Morgan fingerprint density at radius 3 is 2.86 bits per heavy atom. The molecule has 0 bridgehead atoms. The molecule has 5 nitrogen and oxygen atoms in total. The number of rotatable bonds is 7. The molecular weight excluding hydrogens is 357 g/mol. The van der Waals surface area contributed by atoms with Crippen molar-refractivity contribution in [2.45, 2.75) is 13.3 Å². The van der Waals surface area contributed by atoms with Crippen LogP contribution < -0.4 is 10.1 Å². The van der Waals surface area contributed by atoms with E-state index in [0.717, 1.165) is 22.5 Å². The van der Waals surface area contributed by atoms with Crippen molar-refractivity contribution < 1.29 is 13.9 Å². The molecule has 0 saturated heterocycles. The summed E-state index contributed by atoms with van der Waals surface area (Å²) in [5.41, 5.74) is 3.48. The third-order valence-electron chi connectivity index (χ3n) is 4.22. The van der Waals surface area contributed by atoms with Crippen molar-refractivity contribution in [3.8, 4) is 11.4 Å². The van der Waals surface area contributed by atoms with Gasteiger partial charge in [0, 0.05) is 18.8 Å². The molecule has 1 N–H and O–H groups in total. The van der Waals surface area contributed by atoms with Crippen molar-refractivity contribution >= 4 is 12.0 Å². The molecule has 2 aromatic carbocycles. The molecule has 6 heteroatoms. The number of aromatic nitrogens is 2. The lowest BCUT2D eigenvalue weighted by molar-refractivity contribution is -0.116. The molecule has 0 spiro atoms. The fourth-order valence-corrected chi connectivity index (χ4v) is 2.82.